The van der Waals surface area contributed by atoms with Crippen molar-refractivity contribution in [3.05, 3.63) is 41.6 Å². The average Bonchev–Trinajstić information content (AvgIpc) is 2.99. The fourth-order valence-electron chi connectivity index (χ4n) is 2.48. The van der Waals surface area contributed by atoms with Crippen molar-refractivity contribution in [2.45, 2.75) is 32.2 Å². The zero-order chi connectivity index (χ0) is 15.0. The molecule has 5 nitrogen and oxygen atoms in total. The first-order valence-corrected chi connectivity index (χ1v) is 7.43. The second-order valence-corrected chi connectivity index (χ2v) is 5.98. The summed E-state index contributed by atoms with van der Waals surface area (Å²) in [7, 11) is 1.92. The third-order valence-corrected chi connectivity index (χ3v) is 3.66. The average molecular weight is 304 g/mol. The van der Waals surface area contributed by atoms with Gasteiger partial charge in [-0.15, -0.1) is 11.6 Å². The molecule has 0 saturated heterocycles. The van der Waals surface area contributed by atoms with Crippen LogP contribution in [0.1, 0.15) is 29.4 Å². The van der Waals surface area contributed by atoms with Gasteiger partial charge in [-0.2, -0.15) is 5.10 Å². The van der Waals surface area contributed by atoms with Crippen LogP contribution in [0, 0.1) is 6.92 Å². The van der Waals surface area contributed by atoms with Crippen LogP contribution < -0.4 is 0 Å². The molecule has 0 radical (unpaired) electrons. The number of pyridine rings is 1. The number of fused-ring (bicyclic) bond motifs is 1. The van der Waals surface area contributed by atoms with E-state index < -0.39 is 0 Å². The van der Waals surface area contributed by atoms with Gasteiger partial charge in [0.2, 0.25) is 0 Å². The largest absolute Gasteiger partial charge is 0.311 e. The maximum Gasteiger partial charge on any atom is 0.160 e. The molecule has 0 aliphatic heterocycles. The summed E-state index contributed by atoms with van der Waals surface area (Å²) in [5.41, 5.74) is 3.95. The molecule has 0 spiro atoms. The van der Waals surface area contributed by atoms with Crippen molar-refractivity contribution >= 4 is 22.8 Å². The van der Waals surface area contributed by atoms with E-state index in [2.05, 4.69) is 19.6 Å². The molecular formula is C15H18ClN5. The summed E-state index contributed by atoms with van der Waals surface area (Å²) in [5.74, 6) is 0.862. The monoisotopic (exact) mass is 303 g/mol. The molecule has 0 aliphatic rings. The van der Waals surface area contributed by atoms with Gasteiger partial charge in [-0.1, -0.05) is 0 Å². The molecular weight excluding hydrogens is 286 g/mol. The number of alkyl halides is 1. The Morgan fingerprint density at radius 1 is 1.38 bits per heavy atom. The third-order valence-electron chi connectivity index (χ3n) is 3.47. The number of aryl methyl sites for hydroxylation is 4. The highest BCUT2D eigenvalue weighted by atomic mass is 35.5. The van der Waals surface area contributed by atoms with Crippen LogP contribution in [0.5, 0.6) is 0 Å². The van der Waals surface area contributed by atoms with Crippen molar-refractivity contribution in [1.29, 1.82) is 0 Å². The first-order chi connectivity index (χ1) is 10.0. The Kier molecular flexibility index (Phi) is 3.68. The lowest BCUT2D eigenvalue weighted by Gasteiger charge is -2.09. The Balaban J connectivity index is 1.97. The van der Waals surface area contributed by atoms with E-state index >= 15 is 0 Å². The molecule has 110 valence electrons. The summed E-state index contributed by atoms with van der Waals surface area (Å²) in [6, 6.07) is 4.07. The van der Waals surface area contributed by atoms with Crippen LogP contribution in [0.4, 0.5) is 0 Å². The molecule has 0 aliphatic carbocycles. The molecule has 0 amide bonds. The molecule has 3 heterocycles. The number of imidazole rings is 1. The van der Waals surface area contributed by atoms with Crippen LogP contribution in [0.15, 0.2) is 24.5 Å². The van der Waals surface area contributed by atoms with E-state index in [1.165, 1.54) is 0 Å². The summed E-state index contributed by atoms with van der Waals surface area (Å²) >= 11 is 6.27. The number of nitrogens with zero attached hydrogens (tertiary/aromatic N) is 5. The lowest BCUT2D eigenvalue weighted by molar-refractivity contribution is 0.643. The van der Waals surface area contributed by atoms with Crippen LogP contribution in [-0.4, -0.2) is 24.3 Å². The lowest BCUT2D eigenvalue weighted by atomic mass is 10.3. The summed E-state index contributed by atoms with van der Waals surface area (Å²) in [6.07, 6.45) is 4.65. The normalized spacial score (nSPS) is 13.0. The van der Waals surface area contributed by atoms with Crippen LogP contribution in [0.3, 0.4) is 0 Å². The summed E-state index contributed by atoms with van der Waals surface area (Å²) in [6.45, 7) is 4.73. The van der Waals surface area contributed by atoms with E-state index in [0.29, 0.717) is 0 Å². The van der Waals surface area contributed by atoms with Gasteiger partial charge in [-0.3, -0.25) is 4.68 Å². The fraction of sp³-hybridized carbons (Fsp3) is 0.400. The summed E-state index contributed by atoms with van der Waals surface area (Å²) in [4.78, 5) is 9.15. The molecule has 0 saturated carbocycles. The molecule has 1 unspecified atom stereocenters. The van der Waals surface area contributed by atoms with Gasteiger partial charge in [-0.05, 0) is 31.5 Å². The van der Waals surface area contributed by atoms with Crippen molar-refractivity contribution in [2.24, 2.45) is 7.05 Å². The molecule has 0 aromatic carbocycles. The maximum absolute atomic E-state index is 6.27. The van der Waals surface area contributed by atoms with Gasteiger partial charge in [0, 0.05) is 32.4 Å². The molecule has 3 rings (SSSR count). The highest BCUT2D eigenvalue weighted by Gasteiger charge is 2.16. The van der Waals surface area contributed by atoms with Gasteiger partial charge in [0.25, 0.3) is 0 Å². The van der Waals surface area contributed by atoms with E-state index in [1.54, 1.807) is 0 Å². The van der Waals surface area contributed by atoms with Crippen molar-refractivity contribution < 1.29 is 0 Å². The van der Waals surface area contributed by atoms with Crippen LogP contribution in [-0.2, 0) is 20.0 Å². The zero-order valence-electron chi connectivity index (χ0n) is 12.4. The Morgan fingerprint density at radius 3 is 2.86 bits per heavy atom. The number of aromatic nitrogens is 5. The summed E-state index contributed by atoms with van der Waals surface area (Å²) in [5, 5.41) is 4.26. The minimum atomic E-state index is -0.150. The quantitative estimate of drug-likeness (QED) is 0.696. The third kappa shape index (κ3) is 2.78. The van der Waals surface area contributed by atoms with Crippen LogP contribution >= 0.6 is 11.6 Å². The van der Waals surface area contributed by atoms with Gasteiger partial charge in [0.15, 0.2) is 5.65 Å². The van der Waals surface area contributed by atoms with E-state index in [4.69, 9.17) is 11.6 Å². The van der Waals surface area contributed by atoms with E-state index in [1.807, 2.05) is 50.1 Å². The lowest BCUT2D eigenvalue weighted by Crippen LogP contribution is -2.08. The molecule has 1 atom stereocenters. The SMILES string of the molecule is Cc1cnc2c(c1)nc(C(C)Cl)n2CCc1ccn(C)n1. The Labute approximate surface area is 128 Å². The Morgan fingerprint density at radius 2 is 2.19 bits per heavy atom. The van der Waals surface area contributed by atoms with E-state index in [-0.39, 0.29) is 5.38 Å². The minimum Gasteiger partial charge on any atom is -0.311 e. The number of hydrogen-bond acceptors (Lipinski definition) is 3. The van der Waals surface area contributed by atoms with Gasteiger partial charge < -0.3 is 4.57 Å². The summed E-state index contributed by atoms with van der Waals surface area (Å²) < 4.78 is 3.91. The van der Waals surface area contributed by atoms with Gasteiger partial charge in [-0.25, -0.2) is 9.97 Å². The number of rotatable bonds is 4. The molecule has 21 heavy (non-hydrogen) atoms. The number of hydrogen-bond donors (Lipinski definition) is 0. The fourth-order valence-corrected chi connectivity index (χ4v) is 2.64. The highest BCUT2D eigenvalue weighted by Crippen LogP contribution is 2.24. The van der Waals surface area contributed by atoms with Crippen LogP contribution in [0.2, 0.25) is 0 Å². The van der Waals surface area contributed by atoms with E-state index in [9.17, 15) is 0 Å². The van der Waals surface area contributed by atoms with Gasteiger partial charge >= 0.3 is 0 Å². The maximum atomic E-state index is 6.27. The predicted octanol–water partition coefficient (Wildman–Crippen LogP) is 3.02. The second-order valence-electron chi connectivity index (χ2n) is 5.32. The smallest absolute Gasteiger partial charge is 0.160 e. The molecule has 0 N–H and O–H groups in total. The molecule has 3 aromatic heterocycles. The molecule has 3 aromatic rings. The van der Waals surface area contributed by atoms with Gasteiger partial charge in [0.05, 0.1) is 11.1 Å². The molecule has 6 heteroatoms. The van der Waals surface area contributed by atoms with Crippen molar-refractivity contribution in [2.75, 3.05) is 0 Å². The zero-order valence-corrected chi connectivity index (χ0v) is 13.2. The Hall–Kier alpha value is -1.88. The standard InChI is InChI=1S/C15H18ClN5/c1-10-8-13-15(17-9-10)21(14(18-13)11(2)16)7-5-12-4-6-20(3)19-12/h4,6,8-9,11H,5,7H2,1-3H3. The predicted molar refractivity (Wildman–Crippen MR) is 83.4 cm³/mol. The first-order valence-electron chi connectivity index (χ1n) is 7.00. The Bertz CT molecular complexity index is 772. The minimum absolute atomic E-state index is 0.150. The molecule has 0 fully saturated rings. The van der Waals surface area contributed by atoms with Crippen LogP contribution in [0.25, 0.3) is 11.2 Å². The van der Waals surface area contributed by atoms with Gasteiger partial charge in [0.1, 0.15) is 11.3 Å². The van der Waals surface area contributed by atoms with Crippen molar-refractivity contribution in [1.82, 2.24) is 24.3 Å². The second kappa shape index (κ2) is 5.48. The molecule has 0 bridgehead atoms. The van der Waals surface area contributed by atoms with Crippen molar-refractivity contribution in [3.63, 3.8) is 0 Å². The highest BCUT2D eigenvalue weighted by molar-refractivity contribution is 6.20. The van der Waals surface area contributed by atoms with E-state index in [0.717, 1.165) is 41.2 Å². The van der Waals surface area contributed by atoms with Crippen molar-refractivity contribution in [3.8, 4) is 0 Å². The number of halogens is 1. The topological polar surface area (TPSA) is 48.5 Å². The first kappa shape index (κ1) is 14.1.